The van der Waals surface area contributed by atoms with Crippen LogP contribution in [0.5, 0.6) is 0 Å². The molecule has 1 aliphatic rings. The monoisotopic (exact) mass is 204 g/mol. The molecule has 14 heavy (non-hydrogen) atoms. The third kappa shape index (κ3) is 2.45. The van der Waals surface area contributed by atoms with Crippen LogP contribution in [-0.2, 0) is 4.74 Å². The Kier molecular flexibility index (Phi) is 3.53. The van der Waals surface area contributed by atoms with Gasteiger partial charge in [0.1, 0.15) is 0 Å². The van der Waals surface area contributed by atoms with Gasteiger partial charge in [0, 0.05) is 12.3 Å². The van der Waals surface area contributed by atoms with Gasteiger partial charge in [0.2, 0.25) is 0 Å². The molecule has 4 atom stereocenters. The minimum absolute atomic E-state index is 0.162. The topological polar surface area (TPSA) is 69.9 Å². The predicted molar refractivity (Wildman–Crippen MR) is 51.5 cm³/mol. The predicted octanol–water partition coefficient (Wildman–Crippen LogP) is 0.109. The van der Waals surface area contributed by atoms with E-state index >= 15 is 0 Å². The maximum absolute atomic E-state index is 9.83. The Morgan fingerprint density at radius 1 is 1.29 bits per heavy atom. The molecule has 0 radical (unpaired) electrons. The molecular formula is C10H20O4. The van der Waals surface area contributed by atoms with Gasteiger partial charge in [0.05, 0.1) is 18.8 Å². The zero-order valence-electron chi connectivity index (χ0n) is 8.97. The van der Waals surface area contributed by atoms with Crippen molar-refractivity contribution in [3.8, 4) is 0 Å². The van der Waals surface area contributed by atoms with Gasteiger partial charge in [-0.25, -0.2) is 0 Å². The number of ether oxygens (including phenoxy) is 1. The SMILES string of the molecule is CC(C)(C)[C@H]1[C@H](O)C[C@H](CO)O[C@H]1O. The van der Waals surface area contributed by atoms with Gasteiger partial charge in [0.15, 0.2) is 6.29 Å². The molecule has 84 valence electrons. The van der Waals surface area contributed by atoms with Crippen LogP contribution < -0.4 is 0 Å². The highest BCUT2D eigenvalue weighted by Gasteiger charge is 2.43. The lowest BCUT2D eigenvalue weighted by Crippen LogP contribution is -2.50. The Bertz CT molecular complexity index is 175. The fourth-order valence-electron chi connectivity index (χ4n) is 2.07. The van der Waals surface area contributed by atoms with Crippen molar-refractivity contribution in [2.24, 2.45) is 11.3 Å². The second-order valence-electron chi connectivity index (χ2n) is 5.03. The molecule has 0 bridgehead atoms. The molecule has 1 saturated heterocycles. The summed E-state index contributed by atoms with van der Waals surface area (Å²) in [5.41, 5.74) is -0.209. The molecule has 0 spiro atoms. The third-order valence-electron chi connectivity index (χ3n) is 2.76. The van der Waals surface area contributed by atoms with E-state index in [0.717, 1.165) is 0 Å². The summed E-state index contributed by atoms with van der Waals surface area (Å²) in [7, 11) is 0. The highest BCUT2D eigenvalue weighted by atomic mass is 16.6. The zero-order chi connectivity index (χ0) is 10.9. The van der Waals surface area contributed by atoms with Crippen LogP contribution in [0.4, 0.5) is 0 Å². The van der Waals surface area contributed by atoms with Crippen molar-refractivity contribution in [2.75, 3.05) is 6.61 Å². The Hall–Kier alpha value is -0.160. The summed E-state index contributed by atoms with van der Waals surface area (Å²) in [4.78, 5) is 0. The van der Waals surface area contributed by atoms with E-state index in [1.165, 1.54) is 0 Å². The van der Waals surface area contributed by atoms with E-state index < -0.39 is 18.5 Å². The lowest BCUT2D eigenvalue weighted by molar-refractivity contribution is -0.250. The van der Waals surface area contributed by atoms with Crippen molar-refractivity contribution >= 4 is 0 Å². The Morgan fingerprint density at radius 2 is 1.86 bits per heavy atom. The number of aliphatic hydroxyl groups excluding tert-OH is 3. The second-order valence-corrected chi connectivity index (χ2v) is 5.03. The molecule has 0 aromatic rings. The van der Waals surface area contributed by atoms with Gasteiger partial charge in [0.25, 0.3) is 0 Å². The number of hydrogen-bond donors (Lipinski definition) is 3. The Labute approximate surface area is 84.5 Å². The maximum atomic E-state index is 9.83. The quantitative estimate of drug-likeness (QED) is 0.567. The zero-order valence-corrected chi connectivity index (χ0v) is 8.97. The van der Waals surface area contributed by atoms with Crippen LogP contribution in [0.15, 0.2) is 0 Å². The molecule has 1 fully saturated rings. The maximum Gasteiger partial charge on any atom is 0.160 e. The lowest BCUT2D eigenvalue weighted by atomic mass is 9.74. The van der Waals surface area contributed by atoms with Crippen LogP contribution in [0.2, 0.25) is 0 Å². The summed E-state index contributed by atoms with van der Waals surface area (Å²) in [6.45, 7) is 5.69. The normalized spacial score (nSPS) is 39.9. The van der Waals surface area contributed by atoms with Crippen molar-refractivity contribution in [1.82, 2.24) is 0 Å². The molecule has 1 rings (SSSR count). The van der Waals surface area contributed by atoms with Crippen LogP contribution in [0.25, 0.3) is 0 Å². The molecule has 1 aliphatic heterocycles. The molecule has 4 heteroatoms. The van der Waals surface area contributed by atoms with Crippen LogP contribution in [0, 0.1) is 11.3 Å². The first-order valence-corrected chi connectivity index (χ1v) is 4.98. The van der Waals surface area contributed by atoms with E-state index in [1.807, 2.05) is 20.8 Å². The summed E-state index contributed by atoms with van der Waals surface area (Å²) >= 11 is 0. The molecule has 3 N–H and O–H groups in total. The standard InChI is InChI=1S/C10H20O4/c1-10(2,3)8-7(12)4-6(5-11)14-9(8)13/h6-9,11-13H,4-5H2,1-3H3/t6-,7-,8+,9-/m1/s1. The average Bonchev–Trinajstić information content (AvgIpc) is 1.99. The minimum atomic E-state index is -0.990. The lowest BCUT2D eigenvalue weighted by Gasteiger charge is -2.43. The Balaban J connectivity index is 2.70. The highest BCUT2D eigenvalue weighted by Crippen LogP contribution is 2.37. The van der Waals surface area contributed by atoms with Gasteiger partial charge < -0.3 is 20.1 Å². The highest BCUT2D eigenvalue weighted by molar-refractivity contribution is 4.87. The smallest absolute Gasteiger partial charge is 0.160 e. The molecular weight excluding hydrogens is 184 g/mol. The minimum Gasteiger partial charge on any atom is -0.394 e. The second kappa shape index (κ2) is 4.14. The van der Waals surface area contributed by atoms with Crippen molar-refractivity contribution in [3.05, 3.63) is 0 Å². The van der Waals surface area contributed by atoms with E-state index in [1.54, 1.807) is 0 Å². The number of rotatable bonds is 1. The molecule has 4 nitrogen and oxygen atoms in total. The first-order chi connectivity index (χ1) is 6.36. The van der Waals surface area contributed by atoms with Gasteiger partial charge in [-0.1, -0.05) is 20.8 Å². The van der Waals surface area contributed by atoms with Crippen LogP contribution in [0.3, 0.4) is 0 Å². The molecule has 0 unspecified atom stereocenters. The van der Waals surface area contributed by atoms with Crippen molar-refractivity contribution in [2.45, 2.75) is 45.7 Å². The first kappa shape index (κ1) is 11.9. The van der Waals surface area contributed by atoms with E-state index in [2.05, 4.69) is 0 Å². The average molecular weight is 204 g/mol. The van der Waals surface area contributed by atoms with Gasteiger partial charge >= 0.3 is 0 Å². The summed E-state index contributed by atoms with van der Waals surface area (Å²) in [5.74, 6) is -0.301. The molecule has 0 aromatic carbocycles. The van der Waals surface area contributed by atoms with E-state index in [0.29, 0.717) is 6.42 Å². The molecule has 0 aliphatic carbocycles. The number of hydrogen-bond acceptors (Lipinski definition) is 4. The van der Waals surface area contributed by atoms with Crippen LogP contribution in [-0.4, -0.2) is 40.4 Å². The van der Waals surface area contributed by atoms with Gasteiger partial charge in [-0.05, 0) is 5.41 Å². The summed E-state index contributed by atoms with van der Waals surface area (Å²) in [6, 6.07) is 0. The van der Waals surface area contributed by atoms with Gasteiger partial charge in [-0.3, -0.25) is 0 Å². The van der Waals surface area contributed by atoms with E-state index in [4.69, 9.17) is 9.84 Å². The molecule has 0 saturated carbocycles. The van der Waals surface area contributed by atoms with Crippen molar-refractivity contribution in [3.63, 3.8) is 0 Å². The largest absolute Gasteiger partial charge is 0.394 e. The molecule has 1 heterocycles. The van der Waals surface area contributed by atoms with Crippen LogP contribution in [0.1, 0.15) is 27.2 Å². The van der Waals surface area contributed by atoms with Gasteiger partial charge in [-0.2, -0.15) is 0 Å². The Morgan fingerprint density at radius 3 is 2.21 bits per heavy atom. The van der Waals surface area contributed by atoms with Crippen molar-refractivity contribution < 1.29 is 20.1 Å². The summed E-state index contributed by atoms with van der Waals surface area (Å²) < 4.78 is 5.19. The van der Waals surface area contributed by atoms with Crippen molar-refractivity contribution in [1.29, 1.82) is 0 Å². The van der Waals surface area contributed by atoms with Crippen LogP contribution >= 0.6 is 0 Å². The van der Waals surface area contributed by atoms with E-state index in [9.17, 15) is 10.2 Å². The molecule has 0 aromatic heterocycles. The summed E-state index contributed by atoms with van der Waals surface area (Å²) in [6.07, 6.45) is -1.67. The van der Waals surface area contributed by atoms with E-state index in [-0.39, 0.29) is 17.9 Å². The van der Waals surface area contributed by atoms with Gasteiger partial charge in [-0.15, -0.1) is 0 Å². The summed E-state index contributed by atoms with van der Waals surface area (Å²) in [5, 5.41) is 28.4. The fraction of sp³-hybridized carbons (Fsp3) is 1.00. The molecule has 0 amide bonds. The third-order valence-corrected chi connectivity index (χ3v) is 2.76. The first-order valence-electron chi connectivity index (χ1n) is 4.98. The number of aliphatic hydroxyl groups is 3. The fourth-order valence-corrected chi connectivity index (χ4v) is 2.07.